The Balaban J connectivity index is 3.90. The lowest BCUT2D eigenvalue weighted by molar-refractivity contribution is -0.164. The zero-order valence-electron chi connectivity index (χ0n) is 9.24. The number of rotatable bonds is 4. The van der Waals surface area contributed by atoms with E-state index in [0.717, 1.165) is 0 Å². The van der Waals surface area contributed by atoms with E-state index < -0.39 is 12.4 Å². The van der Waals surface area contributed by atoms with Gasteiger partial charge >= 0.3 is 0 Å². The lowest BCUT2D eigenvalue weighted by Crippen LogP contribution is -2.33. The SMILES string of the molecule is CC(C(O)OC[C@H](C)O)C(C)(C)C. The van der Waals surface area contributed by atoms with E-state index in [0.29, 0.717) is 0 Å². The molecule has 0 spiro atoms. The molecule has 13 heavy (non-hydrogen) atoms. The summed E-state index contributed by atoms with van der Waals surface area (Å²) in [5, 5.41) is 18.5. The Bertz CT molecular complexity index is 138. The fourth-order valence-corrected chi connectivity index (χ4v) is 0.810. The molecule has 2 N–H and O–H groups in total. The minimum atomic E-state index is -0.797. The third-order valence-electron chi connectivity index (χ3n) is 2.30. The molecule has 0 aliphatic rings. The van der Waals surface area contributed by atoms with Gasteiger partial charge in [-0.1, -0.05) is 27.7 Å². The van der Waals surface area contributed by atoms with E-state index in [-0.39, 0.29) is 17.9 Å². The quantitative estimate of drug-likeness (QED) is 0.658. The third-order valence-corrected chi connectivity index (χ3v) is 2.30. The van der Waals surface area contributed by atoms with Crippen molar-refractivity contribution in [1.82, 2.24) is 0 Å². The van der Waals surface area contributed by atoms with Crippen molar-refractivity contribution in [1.29, 1.82) is 0 Å². The van der Waals surface area contributed by atoms with Crippen LogP contribution in [0.3, 0.4) is 0 Å². The molecule has 0 aromatic heterocycles. The largest absolute Gasteiger partial charge is 0.391 e. The van der Waals surface area contributed by atoms with Gasteiger partial charge in [-0.05, 0) is 12.3 Å². The normalized spacial score (nSPS) is 19.6. The van der Waals surface area contributed by atoms with Crippen LogP contribution in [-0.2, 0) is 4.74 Å². The van der Waals surface area contributed by atoms with Crippen molar-refractivity contribution in [2.75, 3.05) is 6.61 Å². The van der Waals surface area contributed by atoms with E-state index in [1.807, 2.05) is 27.7 Å². The first kappa shape index (κ1) is 12.9. The predicted molar refractivity (Wildman–Crippen MR) is 52.3 cm³/mol. The molecule has 0 aliphatic carbocycles. The first-order chi connectivity index (χ1) is 5.75. The van der Waals surface area contributed by atoms with Gasteiger partial charge in [-0.25, -0.2) is 0 Å². The molecular formula is C10H22O3. The molecule has 0 saturated carbocycles. The smallest absolute Gasteiger partial charge is 0.157 e. The summed E-state index contributed by atoms with van der Waals surface area (Å²) < 4.78 is 5.10. The molecule has 0 aromatic carbocycles. The van der Waals surface area contributed by atoms with E-state index in [2.05, 4.69) is 0 Å². The summed E-state index contributed by atoms with van der Waals surface area (Å²) in [4.78, 5) is 0. The average Bonchev–Trinajstić information content (AvgIpc) is 1.96. The number of aliphatic hydroxyl groups excluding tert-OH is 2. The molecule has 3 heteroatoms. The molecule has 2 unspecified atom stereocenters. The van der Waals surface area contributed by atoms with Crippen molar-refractivity contribution in [2.24, 2.45) is 11.3 Å². The van der Waals surface area contributed by atoms with Crippen LogP contribution in [0.25, 0.3) is 0 Å². The van der Waals surface area contributed by atoms with E-state index in [1.54, 1.807) is 6.92 Å². The number of hydrogen-bond donors (Lipinski definition) is 2. The maximum atomic E-state index is 9.57. The average molecular weight is 190 g/mol. The summed E-state index contributed by atoms with van der Waals surface area (Å²) in [6.45, 7) is 9.90. The fraction of sp³-hybridized carbons (Fsp3) is 1.00. The summed E-state index contributed by atoms with van der Waals surface area (Å²) in [5.41, 5.74) is 0.0120. The van der Waals surface area contributed by atoms with Crippen molar-refractivity contribution < 1.29 is 14.9 Å². The van der Waals surface area contributed by atoms with Crippen molar-refractivity contribution in [3.63, 3.8) is 0 Å². The molecule has 0 radical (unpaired) electrons. The summed E-state index contributed by atoms with van der Waals surface area (Å²) in [6, 6.07) is 0. The highest BCUT2D eigenvalue weighted by atomic mass is 16.6. The van der Waals surface area contributed by atoms with Gasteiger partial charge in [0, 0.05) is 5.92 Å². The second-order valence-corrected chi connectivity index (χ2v) is 4.73. The van der Waals surface area contributed by atoms with Gasteiger partial charge in [0.1, 0.15) is 0 Å². The molecular weight excluding hydrogens is 168 g/mol. The van der Waals surface area contributed by atoms with Gasteiger partial charge in [0.15, 0.2) is 6.29 Å². The maximum absolute atomic E-state index is 9.57. The molecule has 0 bridgehead atoms. The molecule has 0 aromatic rings. The standard InChI is InChI=1S/C10H22O3/c1-7(11)6-13-9(12)8(2)10(3,4)5/h7-9,11-12H,6H2,1-5H3/t7-,8?,9?/m0/s1. The van der Waals surface area contributed by atoms with Crippen LogP contribution in [-0.4, -0.2) is 29.2 Å². The van der Waals surface area contributed by atoms with Crippen LogP contribution in [0.1, 0.15) is 34.6 Å². The number of ether oxygens (including phenoxy) is 1. The predicted octanol–water partition coefficient (Wildman–Crippen LogP) is 1.38. The van der Waals surface area contributed by atoms with E-state index >= 15 is 0 Å². The monoisotopic (exact) mass is 190 g/mol. The number of hydrogen-bond acceptors (Lipinski definition) is 3. The second kappa shape index (κ2) is 4.94. The lowest BCUT2D eigenvalue weighted by Gasteiger charge is -2.31. The highest BCUT2D eigenvalue weighted by molar-refractivity contribution is 4.72. The van der Waals surface area contributed by atoms with Gasteiger partial charge in [-0.3, -0.25) is 0 Å². The van der Waals surface area contributed by atoms with Crippen molar-refractivity contribution >= 4 is 0 Å². The van der Waals surface area contributed by atoms with Gasteiger partial charge in [0.2, 0.25) is 0 Å². The van der Waals surface area contributed by atoms with Crippen LogP contribution in [0.15, 0.2) is 0 Å². The van der Waals surface area contributed by atoms with Gasteiger partial charge in [-0.15, -0.1) is 0 Å². The minimum absolute atomic E-state index is 0.0120. The summed E-state index contributed by atoms with van der Waals surface area (Å²) >= 11 is 0. The highest BCUT2D eigenvalue weighted by Crippen LogP contribution is 2.28. The summed E-state index contributed by atoms with van der Waals surface area (Å²) in [7, 11) is 0. The molecule has 3 nitrogen and oxygen atoms in total. The van der Waals surface area contributed by atoms with Crippen molar-refractivity contribution in [3.8, 4) is 0 Å². The van der Waals surface area contributed by atoms with Crippen molar-refractivity contribution in [3.05, 3.63) is 0 Å². The second-order valence-electron chi connectivity index (χ2n) is 4.73. The minimum Gasteiger partial charge on any atom is -0.391 e. The van der Waals surface area contributed by atoms with E-state index in [4.69, 9.17) is 9.84 Å². The Hall–Kier alpha value is -0.120. The molecule has 80 valence electrons. The zero-order chi connectivity index (χ0) is 10.6. The Kier molecular flexibility index (Phi) is 4.89. The summed E-state index contributed by atoms with van der Waals surface area (Å²) in [6.07, 6.45) is -1.32. The molecule has 0 fully saturated rings. The molecule has 0 amide bonds. The van der Waals surface area contributed by atoms with Crippen molar-refractivity contribution in [2.45, 2.75) is 47.0 Å². The topological polar surface area (TPSA) is 49.7 Å². The van der Waals surface area contributed by atoms with Gasteiger partial charge in [0.05, 0.1) is 12.7 Å². The van der Waals surface area contributed by atoms with E-state index in [1.165, 1.54) is 0 Å². The lowest BCUT2D eigenvalue weighted by atomic mass is 9.82. The first-order valence-electron chi connectivity index (χ1n) is 4.73. The first-order valence-corrected chi connectivity index (χ1v) is 4.73. The molecule has 0 heterocycles. The molecule has 0 rings (SSSR count). The molecule has 0 aliphatic heterocycles. The Morgan fingerprint density at radius 2 is 1.62 bits per heavy atom. The maximum Gasteiger partial charge on any atom is 0.157 e. The van der Waals surface area contributed by atoms with Gasteiger partial charge in [0.25, 0.3) is 0 Å². The van der Waals surface area contributed by atoms with Crippen LogP contribution >= 0.6 is 0 Å². The van der Waals surface area contributed by atoms with Crippen LogP contribution < -0.4 is 0 Å². The molecule has 3 atom stereocenters. The molecule has 0 saturated heterocycles. The van der Waals surface area contributed by atoms with Crippen LogP contribution in [0.5, 0.6) is 0 Å². The van der Waals surface area contributed by atoms with Gasteiger partial charge in [-0.2, -0.15) is 0 Å². The van der Waals surface area contributed by atoms with Crippen LogP contribution in [0.4, 0.5) is 0 Å². The van der Waals surface area contributed by atoms with E-state index in [9.17, 15) is 5.11 Å². The van der Waals surface area contributed by atoms with Crippen LogP contribution in [0.2, 0.25) is 0 Å². The number of aliphatic hydroxyl groups is 2. The Morgan fingerprint density at radius 1 is 1.15 bits per heavy atom. The third kappa shape index (κ3) is 5.24. The Morgan fingerprint density at radius 3 is 1.92 bits per heavy atom. The summed E-state index contributed by atoms with van der Waals surface area (Å²) in [5.74, 6) is 0.0475. The van der Waals surface area contributed by atoms with Crippen LogP contribution in [0, 0.1) is 11.3 Å². The highest BCUT2D eigenvalue weighted by Gasteiger charge is 2.27. The fourth-order valence-electron chi connectivity index (χ4n) is 0.810. The Labute approximate surface area is 80.7 Å². The zero-order valence-corrected chi connectivity index (χ0v) is 9.24. The van der Waals surface area contributed by atoms with Gasteiger partial charge < -0.3 is 14.9 Å².